The molecule has 2 fully saturated rings. The van der Waals surface area contributed by atoms with Crippen LogP contribution in [0.25, 0.3) is 0 Å². The Bertz CT molecular complexity index is 242. The molecule has 0 spiro atoms. The molecule has 3 heteroatoms. The van der Waals surface area contributed by atoms with Crippen molar-refractivity contribution in [2.75, 3.05) is 14.1 Å². The normalized spacial score (nSPS) is 30.1. The van der Waals surface area contributed by atoms with Crippen LogP contribution in [0.5, 0.6) is 0 Å². The summed E-state index contributed by atoms with van der Waals surface area (Å²) in [5.74, 6) is 1.08. The van der Waals surface area contributed by atoms with Gasteiger partial charge in [0.2, 0.25) is 5.91 Å². The van der Waals surface area contributed by atoms with E-state index in [-0.39, 0.29) is 0 Å². The number of amides is 1. The van der Waals surface area contributed by atoms with Crippen LogP contribution in [0.4, 0.5) is 0 Å². The summed E-state index contributed by atoms with van der Waals surface area (Å²) in [6.45, 7) is 0. The van der Waals surface area contributed by atoms with Crippen LogP contribution < -0.4 is 5.32 Å². The first-order valence-electron chi connectivity index (χ1n) is 6.63. The first kappa shape index (κ1) is 11.9. The number of hydrogen-bond donors (Lipinski definition) is 1. The summed E-state index contributed by atoms with van der Waals surface area (Å²) >= 11 is 0. The molecule has 0 radical (unpaired) electrons. The van der Waals surface area contributed by atoms with E-state index in [9.17, 15) is 4.79 Å². The molecule has 0 aromatic rings. The first-order valence-corrected chi connectivity index (χ1v) is 6.63. The van der Waals surface area contributed by atoms with Crippen LogP contribution >= 0.6 is 0 Å². The molecule has 0 aliphatic heterocycles. The Morgan fingerprint density at radius 3 is 2.31 bits per heavy atom. The smallest absolute Gasteiger partial charge is 0.222 e. The van der Waals surface area contributed by atoms with Crippen LogP contribution in [-0.2, 0) is 4.79 Å². The van der Waals surface area contributed by atoms with Crippen molar-refractivity contribution in [1.82, 2.24) is 10.2 Å². The molecule has 16 heavy (non-hydrogen) atoms. The molecule has 0 bridgehead atoms. The fourth-order valence-electron chi connectivity index (χ4n) is 2.67. The van der Waals surface area contributed by atoms with Gasteiger partial charge in [0.15, 0.2) is 0 Å². The minimum atomic E-state index is 0.371. The van der Waals surface area contributed by atoms with Gasteiger partial charge in [-0.2, -0.15) is 0 Å². The molecule has 1 N–H and O–H groups in total. The molecule has 2 saturated carbocycles. The van der Waals surface area contributed by atoms with E-state index >= 15 is 0 Å². The minimum Gasteiger partial charge on any atom is -0.343 e. The maximum atomic E-state index is 12.0. The summed E-state index contributed by atoms with van der Waals surface area (Å²) in [5.41, 5.74) is 0. The van der Waals surface area contributed by atoms with Gasteiger partial charge in [0.25, 0.3) is 0 Å². The molecule has 1 amide bonds. The molecular formula is C13H24N2O. The maximum Gasteiger partial charge on any atom is 0.222 e. The fourth-order valence-corrected chi connectivity index (χ4v) is 2.67. The summed E-state index contributed by atoms with van der Waals surface area (Å²) < 4.78 is 0. The zero-order valence-electron chi connectivity index (χ0n) is 10.5. The Morgan fingerprint density at radius 2 is 1.81 bits per heavy atom. The van der Waals surface area contributed by atoms with Gasteiger partial charge in [0.05, 0.1) is 0 Å². The Labute approximate surface area is 98.6 Å². The summed E-state index contributed by atoms with van der Waals surface area (Å²) in [7, 11) is 4.03. The average Bonchev–Trinajstić information content (AvgIpc) is 3.12. The van der Waals surface area contributed by atoms with Gasteiger partial charge in [-0.15, -0.1) is 0 Å². The third kappa shape index (κ3) is 2.97. The lowest BCUT2D eigenvalue weighted by molar-refractivity contribution is -0.133. The molecule has 0 saturated heterocycles. The minimum absolute atomic E-state index is 0.371. The van der Waals surface area contributed by atoms with Crippen molar-refractivity contribution < 1.29 is 4.79 Å². The highest BCUT2D eigenvalue weighted by Gasteiger charge is 2.30. The van der Waals surface area contributed by atoms with E-state index in [1.165, 1.54) is 38.5 Å². The second kappa shape index (κ2) is 5.17. The average molecular weight is 224 g/mol. The highest BCUT2D eigenvalue weighted by Crippen LogP contribution is 2.33. The van der Waals surface area contributed by atoms with Gasteiger partial charge in [0.1, 0.15) is 0 Å². The number of rotatable bonds is 4. The number of carbonyl (C=O) groups excluding carboxylic acids is 1. The van der Waals surface area contributed by atoms with Gasteiger partial charge in [-0.25, -0.2) is 0 Å². The molecule has 2 aliphatic rings. The van der Waals surface area contributed by atoms with E-state index in [1.54, 1.807) is 0 Å². The molecule has 0 aromatic heterocycles. The molecule has 0 heterocycles. The van der Waals surface area contributed by atoms with Crippen molar-refractivity contribution in [3.63, 3.8) is 0 Å². The van der Waals surface area contributed by atoms with Crippen molar-refractivity contribution in [3.8, 4) is 0 Å². The number of hydrogen-bond acceptors (Lipinski definition) is 2. The van der Waals surface area contributed by atoms with E-state index in [2.05, 4.69) is 5.32 Å². The second-order valence-corrected chi connectivity index (χ2v) is 5.45. The number of nitrogens with zero attached hydrogens (tertiary/aromatic N) is 1. The van der Waals surface area contributed by atoms with Gasteiger partial charge < -0.3 is 10.2 Å². The van der Waals surface area contributed by atoms with Crippen molar-refractivity contribution in [2.24, 2.45) is 5.92 Å². The predicted octanol–water partition coefficient (Wildman–Crippen LogP) is 1.78. The fraction of sp³-hybridized carbons (Fsp3) is 0.923. The second-order valence-electron chi connectivity index (χ2n) is 5.45. The summed E-state index contributed by atoms with van der Waals surface area (Å²) in [4.78, 5) is 14.0. The predicted molar refractivity (Wildman–Crippen MR) is 65.2 cm³/mol. The molecule has 3 nitrogen and oxygen atoms in total. The molecule has 2 rings (SSSR count). The lowest BCUT2D eigenvalue weighted by Gasteiger charge is -2.34. The molecular weight excluding hydrogens is 200 g/mol. The molecule has 92 valence electrons. The highest BCUT2D eigenvalue weighted by atomic mass is 16.2. The maximum absolute atomic E-state index is 12.0. The Morgan fingerprint density at radius 1 is 1.19 bits per heavy atom. The van der Waals surface area contributed by atoms with Crippen LogP contribution in [0.2, 0.25) is 0 Å². The van der Waals surface area contributed by atoms with E-state index in [1.807, 2.05) is 19.0 Å². The van der Waals surface area contributed by atoms with Crippen molar-refractivity contribution in [1.29, 1.82) is 0 Å². The van der Waals surface area contributed by atoms with Crippen molar-refractivity contribution in [3.05, 3.63) is 0 Å². The largest absolute Gasteiger partial charge is 0.343 e. The Hall–Kier alpha value is -0.570. The van der Waals surface area contributed by atoms with Gasteiger partial charge >= 0.3 is 0 Å². The summed E-state index contributed by atoms with van der Waals surface area (Å²) in [6.07, 6.45) is 8.09. The standard InChI is InChI=1S/C13H24N2O/c1-14-11-5-7-12(8-6-11)15(2)13(16)9-10-3-4-10/h10-12,14H,3-9H2,1-2H3. The van der Waals surface area contributed by atoms with Gasteiger partial charge in [-0.05, 0) is 51.5 Å². The number of carbonyl (C=O) groups is 1. The first-order chi connectivity index (χ1) is 7.70. The lowest BCUT2D eigenvalue weighted by atomic mass is 9.90. The number of nitrogens with one attached hydrogen (secondary N) is 1. The van der Waals surface area contributed by atoms with E-state index < -0.39 is 0 Å². The Balaban J connectivity index is 1.76. The monoisotopic (exact) mass is 224 g/mol. The van der Waals surface area contributed by atoms with E-state index in [0.29, 0.717) is 23.9 Å². The van der Waals surface area contributed by atoms with Gasteiger partial charge in [0, 0.05) is 25.6 Å². The molecule has 0 atom stereocenters. The third-order valence-corrected chi connectivity index (χ3v) is 4.21. The van der Waals surface area contributed by atoms with E-state index in [0.717, 1.165) is 6.42 Å². The van der Waals surface area contributed by atoms with Crippen molar-refractivity contribution in [2.45, 2.75) is 57.0 Å². The lowest BCUT2D eigenvalue weighted by Crippen LogP contribution is -2.42. The van der Waals surface area contributed by atoms with Crippen LogP contribution in [0.15, 0.2) is 0 Å². The summed E-state index contributed by atoms with van der Waals surface area (Å²) in [5, 5.41) is 3.33. The zero-order valence-corrected chi connectivity index (χ0v) is 10.5. The Kier molecular flexibility index (Phi) is 3.85. The van der Waals surface area contributed by atoms with Crippen LogP contribution in [0.3, 0.4) is 0 Å². The highest BCUT2D eigenvalue weighted by molar-refractivity contribution is 5.76. The molecule has 0 aromatic carbocycles. The quantitative estimate of drug-likeness (QED) is 0.789. The van der Waals surface area contributed by atoms with Crippen LogP contribution in [-0.4, -0.2) is 37.0 Å². The molecule has 2 aliphatic carbocycles. The van der Waals surface area contributed by atoms with Crippen LogP contribution in [0, 0.1) is 5.92 Å². The topological polar surface area (TPSA) is 32.3 Å². The molecule has 0 unspecified atom stereocenters. The summed E-state index contributed by atoms with van der Waals surface area (Å²) in [6, 6.07) is 1.17. The van der Waals surface area contributed by atoms with Gasteiger partial charge in [-0.1, -0.05) is 0 Å². The van der Waals surface area contributed by atoms with Crippen LogP contribution in [0.1, 0.15) is 44.9 Å². The van der Waals surface area contributed by atoms with Crippen molar-refractivity contribution >= 4 is 5.91 Å². The SMILES string of the molecule is CNC1CCC(N(C)C(=O)CC2CC2)CC1. The van der Waals surface area contributed by atoms with Gasteiger partial charge in [-0.3, -0.25) is 4.79 Å². The van der Waals surface area contributed by atoms with E-state index in [4.69, 9.17) is 0 Å². The zero-order chi connectivity index (χ0) is 11.5. The third-order valence-electron chi connectivity index (χ3n) is 4.21.